The molecule has 4 nitrogen and oxygen atoms in total. The van der Waals surface area contributed by atoms with Gasteiger partial charge in [0.1, 0.15) is 5.69 Å². The molecule has 0 aliphatic heterocycles. The van der Waals surface area contributed by atoms with Gasteiger partial charge in [-0.3, -0.25) is 10.1 Å². The van der Waals surface area contributed by atoms with E-state index < -0.39 is 0 Å². The number of para-hydroxylation sites is 1. The summed E-state index contributed by atoms with van der Waals surface area (Å²) in [6, 6.07) is 7.62. The number of thiophene rings is 1. The highest BCUT2D eigenvalue weighted by molar-refractivity contribution is 7.12. The quantitative estimate of drug-likeness (QED) is 0.681. The summed E-state index contributed by atoms with van der Waals surface area (Å²) >= 11 is 1.83. The van der Waals surface area contributed by atoms with Crippen LogP contribution < -0.4 is 5.32 Å². The Morgan fingerprint density at radius 2 is 2.25 bits per heavy atom. The smallest absolute Gasteiger partial charge is 0.295 e. The van der Waals surface area contributed by atoms with Gasteiger partial charge in [-0.2, -0.15) is 0 Å². The lowest BCUT2D eigenvalue weighted by Crippen LogP contribution is -2.02. The number of hydrogen-bond donors (Lipinski definition) is 1. The first-order valence-electron chi connectivity index (χ1n) is 6.73. The lowest BCUT2D eigenvalue weighted by atomic mass is 10.1. The van der Waals surface area contributed by atoms with Crippen molar-refractivity contribution in [2.45, 2.75) is 32.7 Å². The molecule has 104 valence electrons. The van der Waals surface area contributed by atoms with Crippen molar-refractivity contribution in [1.82, 2.24) is 0 Å². The van der Waals surface area contributed by atoms with Crippen molar-refractivity contribution in [3.8, 4) is 0 Å². The standard InChI is InChI=1S/C15H16N2O2S/c1-10-4-2-6-13(15(10)17(18)19)16-9-12-8-11-5-3-7-14(11)20-12/h2,4,6,8,16H,3,5,7,9H2,1H3. The molecule has 1 N–H and O–H groups in total. The Bertz CT molecular complexity index is 642. The van der Waals surface area contributed by atoms with Crippen molar-refractivity contribution in [2.24, 2.45) is 0 Å². The van der Waals surface area contributed by atoms with Gasteiger partial charge in [0.25, 0.3) is 5.69 Å². The van der Waals surface area contributed by atoms with Crippen molar-refractivity contribution in [3.05, 3.63) is 55.3 Å². The Morgan fingerprint density at radius 1 is 1.40 bits per heavy atom. The van der Waals surface area contributed by atoms with Crippen LogP contribution in [0.15, 0.2) is 24.3 Å². The van der Waals surface area contributed by atoms with Crippen LogP contribution in [-0.4, -0.2) is 4.92 Å². The number of rotatable bonds is 4. The van der Waals surface area contributed by atoms with Crippen LogP contribution in [0.4, 0.5) is 11.4 Å². The van der Waals surface area contributed by atoms with Gasteiger partial charge in [-0.05, 0) is 43.9 Å². The average molecular weight is 288 g/mol. The molecule has 0 bridgehead atoms. The van der Waals surface area contributed by atoms with Gasteiger partial charge in [0.15, 0.2) is 0 Å². The second kappa shape index (κ2) is 5.25. The van der Waals surface area contributed by atoms with Gasteiger partial charge in [0, 0.05) is 21.9 Å². The van der Waals surface area contributed by atoms with Crippen LogP contribution in [0.3, 0.4) is 0 Å². The number of nitrogens with zero attached hydrogens (tertiary/aromatic N) is 1. The van der Waals surface area contributed by atoms with E-state index in [1.165, 1.54) is 34.6 Å². The van der Waals surface area contributed by atoms with E-state index in [0.29, 0.717) is 17.8 Å². The first-order valence-corrected chi connectivity index (χ1v) is 7.55. The number of hydrogen-bond acceptors (Lipinski definition) is 4. The fraction of sp³-hybridized carbons (Fsp3) is 0.333. The molecule has 0 saturated heterocycles. The first kappa shape index (κ1) is 13.1. The average Bonchev–Trinajstić information content (AvgIpc) is 2.96. The Balaban J connectivity index is 1.78. The Kier molecular flexibility index (Phi) is 3.44. The molecule has 0 amide bonds. The third-order valence-electron chi connectivity index (χ3n) is 3.67. The molecule has 20 heavy (non-hydrogen) atoms. The van der Waals surface area contributed by atoms with E-state index >= 15 is 0 Å². The van der Waals surface area contributed by atoms with E-state index in [-0.39, 0.29) is 10.6 Å². The molecule has 1 aliphatic carbocycles. The molecule has 5 heteroatoms. The maximum Gasteiger partial charge on any atom is 0.295 e. The predicted octanol–water partition coefficient (Wildman–Crippen LogP) is 4.07. The van der Waals surface area contributed by atoms with Gasteiger partial charge in [-0.1, -0.05) is 12.1 Å². The minimum atomic E-state index is -0.313. The molecular formula is C15H16N2O2S. The van der Waals surface area contributed by atoms with Gasteiger partial charge in [-0.15, -0.1) is 11.3 Å². The van der Waals surface area contributed by atoms with Gasteiger partial charge >= 0.3 is 0 Å². The normalized spacial score (nSPS) is 13.2. The van der Waals surface area contributed by atoms with E-state index in [9.17, 15) is 10.1 Å². The maximum atomic E-state index is 11.1. The minimum Gasteiger partial charge on any atom is -0.375 e. The monoisotopic (exact) mass is 288 g/mol. The third kappa shape index (κ3) is 2.41. The summed E-state index contributed by atoms with van der Waals surface area (Å²) in [4.78, 5) is 13.6. The predicted molar refractivity (Wildman–Crippen MR) is 81.5 cm³/mol. The van der Waals surface area contributed by atoms with E-state index in [2.05, 4.69) is 11.4 Å². The summed E-state index contributed by atoms with van der Waals surface area (Å²) < 4.78 is 0. The van der Waals surface area contributed by atoms with Gasteiger partial charge in [0.05, 0.1) is 4.92 Å². The molecule has 0 spiro atoms. The number of fused-ring (bicyclic) bond motifs is 1. The van der Waals surface area contributed by atoms with E-state index in [0.717, 1.165) is 0 Å². The zero-order valence-electron chi connectivity index (χ0n) is 11.3. The van der Waals surface area contributed by atoms with Crippen LogP contribution in [-0.2, 0) is 19.4 Å². The summed E-state index contributed by atoms with van der Waals surface area (Å²) in [6.45, 7) is 2.42. The molecule has 1 aromatic carbocycles. The fourth-order valence-corrected chi connectivity index (χ4v) is 3.90. The highest BCUT2D eigenvalue weighted by Crippen LogP contribution is 2.32. The summed E-state index contributed by atoms with van der Waals surface area (Å²) in [7, 11) is 0. The summed E-state index contributed by atoms with van der Waals surface area (Å²) in [5.41, 5.74) is 2.93. The number of anilines is 1. The minimum absolute atomic E-state index is 0.177. The summed E-state index contributed by atoms with van der Waals surface area (Å²) in [5.74, 6) is 0. The molecule has 0 atom stereocenters. The van der Waals surface area contributed by atoms with Crippen LogP contribution in [0.5, 0.6) is 0 Å². The number of aryl methyl sites for hydroxylation is 3. The molecule has 1 aromatic heterocycles. The molecule has 0 fully saturated rings. The van der Waals surface area contributed by atoms with E-state index in [1.54, 1.807) is 19.1 Å². The zero-order valence-corrected chi connectivity index (χ0v) is 12.1. The molecule has 0 saturated carbocycles. The number of nitro groups is 1. The second-order valence-corrected chi connectivity index (χ2v) is 6.32. The zero-order chi connectivity index (χ0) is 14.1. The van der Waals surface area contributed by atoms with Crippen LogP contribution in [0, 0.1) is 17.0 Å². The van der Waals surface area contributed by atoms with Crippen molar-refractivity contribution in [2.75, 3.05) is 5.32 Å². The van der Waals surface area contributed by atoms with Gasteiger partial charge < -0.3 is 5.32 Å². The molecule has 0 unspecified atom stereocenters. The fourth-order valence-electron chi connectivity index (χ4n) is 2.70. The molecule has 3 rings (SSSR count). The molecule has 1 aliphatic rings. The van der Waals surface area contributed by atoms with Crippen molar-refractivity contribution in [3.63, 3.8) is 0 Å². The topological polar surface area (TPSA) is 55.2 Å². The largest absolute Gasteiger partial charge is 0.375 e. The molecule has 1 heterocycles. The van der Waals surface area contributed by atoms with Crippen LogP contribution >= 0.6 is 11.3 Å². The number of benzene rings is 1. The highest BCUT2D eigenvalue weighted by Gasteiger charge is 2.18. The van der Waals surface area contributed by atoms with Crippen molar-refractivity contribution >= 4 is 22.7 Å². The first-order chi connectivity index (χ1) is 9.65. The van der Waals surface area contributed by atoms with Gasteiger partial charge in [0.2, 0.25) is 0 Å². The molecule has 2 aromatic rings. The Morgan fingerprint density at radius 3 is 3.00 bits per heavy atom. The molecule has 0 radical (unpaired) electrons. The number of nitrogens with one attached hydrogen (secondary N) is 1. The lowest BCUT2D eigenvalue weighted by molar-refractivity contribution is -0.384. The SMILES string of the molecule is Cc1cccc(NCc2cc3c(s2)CCC3)c1[N+](=O)[O-]. The van der Waals surface area contributed by atoms with E-state index in [1.807, 2.05) is 17.4 Å². The van der Waals surface area contributed by atoms with E-state index in [4.69, 9.17) is 0 Å². The van der Waals surface area contributed by atoms with Crippen LogP contribution in [0.25, 0.3) is 0 Å². The summed E-state index contributed by atoms with van der Waals surface area (Å²) in [5, 5.41) is 14.3. The Labute approximate surface area is 121 Å². The number of nitro benzene ring substituents is 1. The Hall–Kier alpha value is -1.88. The highest BCUT2D eigenvalue weighted by atomic mass is 32.1. The summed E-state index contributed by atoms with van der Waals surface area (Å²) in [6.07, 6.45) is 3.62. The van der Waals surface area contributed by atoms with Gasteiger partial charge in [-0.25, -0.2) is 0 Å². The van der Waals surface area contributed by atoms with Crippen molar-refractivity contribution in [1.29, 1.82) is 0 Å². The second-order valence-electron chi connectivity index (χ2n) is 5.10. The van der Waals surface area contributed by atoms with Crippen LogP contribution in [0.2, 0.25) is 0 Å². The maximum absolute atomic E-state index is 11.1. The lowest BCUT2D eigenvalue weighted by Gasteiger charge is -2.07. The third-order valence-corrected chi connectivity index (χ3v) is 4.91. The van der Waals surface area contributed by atoms with Crippen LogP contribution in [0.1, 0.15) is 27.3 Å². The molecular weight excluding hydrogens is 272 g/mol. The van der Waals surface area contributed by atoms with Crippen molar-refractivity contribution < 1.29 is 4.92 Å².